The molecule has 4 heteroatoms. The van der Waals surface area contributed by atoms with E-state index in [9.17, 15) is 15.3 Å². The van der Waals surface area contributed by atoms with E-state index in [0.717, 1.165) is 36.8 Å². The number of phenols is 1. The largest absolute Gasteiger partial charge is 0.508 e. The zero-order valence-electron chi connectivity index (χ0n) is 21.2. The first-order valence-corrected chi connectivity index (χ1v) is 12.5. The van der Waals surface area contributed by atoms with E-state index in [0.29, 0.717) is 53.1 Å². The summed E-state index contributed by atoms with van der Waals surface area (Å²) in [6.45, 7) is 8.49. The molecule has 4 nitrogen and oxygen atoms in total. The molecule has 1 fully saturated rings. The molecule has 0 saturated heterocycles. The van der Waals surface area contributed by atoms with Crippen LogP contribution in [0.15, 0.2) is 87.8 Å². The van der Waals surface area contributed by atoms with Crippen LogP contribution in [0.5, 0.6) is 5.75 Å². The van der Waals surface area contributed by atoms with Crippen molar-refractivity contribution in [2.75, 3.05) is 0 Å². The summed E-state index contributed by atoms with van der Waals surface area (Å²) in [6, 6.07) is 5.61. The molecule has 184 valence electrons. The molecular weight excluding hydrogens is 436 g/mol. The minimum absolute atomic E-state index is 0.0530. The molecule has 1 saturated carbocycles. The Morgan fingerprint density at radius 3 is 2.60 bits per heavy atom. The number of aliphatic hydroxyl groups is 2. The molecule has 0 aromatic heterocycles. The van der Waals surface area contributed by atoms with Crippen LogP contribution < -0.4 is 0 Å². The summed E-state index contributed by atoms with van der Waals surface area (Å²) in [7, 11) is 0. The molecule has 0 atom stereocenters. The normalized spacial score (nSPS) is 22.0. The molecule has 4 rings (SSSR count). The second-order valence-electron chi connectivity index (χ2n) is 10.3. The van der Waals surface area contributed by atoms with Gasteiger partial charge in [0.25, 0.3) is 0 Å². The van der Waals surface area contributed by atoms with Crippen molar-refractivity contribution in [3.63, 3.8) is 0 Å². The van der Waals surface area contributed by atoms with Crippen molar-refractivity contribution in [1.29, 1.82) is 0 Å². The topological polar surface area (TPSA) is 69.9 Å². The number of aromatic hydroxyl groups is 1. The van der Waals surface area contributed by atoms with Crippen molar-refractivity contribution in [1.82, 2.24) is 0 Å². The van der Waals surface area contributed by atoms with E-state index in [1.165, 1.54) is 11.1 Å². The lowest BCUT2D eigenvalue weighted by molar-refractivity contribution is 0.282. The number of ether oxygens (including phenoxy) is 1. The minimum Gasteiger partial charge on any atom is -0.508 e. The number of phenolic OH excluding ortho intramolecular Hbond substituents is 1. The number of hydrogen-bond donors (Lipinski definition) is 3. The van der Waals surface area contributed by atoms with Gasteiger partial charge in [0, 0.05) is 29.2 Å². The molecule has 0 amide bonds. The highest BCUT2D eigenvalue weighted by atomic mass is 16.5. The summed E-state index contributed by atoms with van der Waals surface area (Å²) in [5.41, 5.74) is 8.36. The van der Waals surface area contributed by atoms with Gasteiger partial charge in [-0.05, 0) is 94.5 Å². The lowest BCUT2D eigenvalue weighted by Gasteiger charge is -2.33. The summed E-state index contributed by atoms with van der Waals surface area (Å²) in [4.78, 5) is 0. The van der Waals surface area contributed by atoms with Crippen LogP contribution in [-0.2, 0) is 4.74 Å². The summed E-state index contributed by atoms with van der Waals surface area (Å²) in [6.07, 6.45) is 12.8. The number of benzene rings is 1. The van der Waals surface area contributed by atoms with Gasteiger partial charge < -0.3 is 20.1 Å². The molecule has 3 aliphatic rings. The van der Waals surface area contributed by atoms with E-state index >= 15 is 0 Å². The number of allylic oxidation sites excluding steroid dienone is 7. The Kier molecular flexibility index (Phi) is 7.42. The maximum Gasteiger partial charge on any atom is 0.166 e. The van der Waals surface area contributed by atoms with E-state index in [2.05, 4.69) is 45.6 Å². The third kappa shape index (κ3) is 5.66. The van der Waals surface area contributed by atoms with E-state index in [1.807, 2.05) is 18.2 Å². The molecule has 0 bridgehead atoms. The molecule has 2 aliphatic carbocycles. The number of hydrogen-bond acceptors (Lipinski definition) is 4. The predicted molar refractivity (Wildman–Crippen MR) is 141 cm³/mol. The molecule has 1 heterocycles. The highest BCUT2D eigenvalue weighted by Gasteiger charge is 2.30. The first kappa shape index (κ1) is 24.8. The van der Waals surface area contributed by atoms with Crippen LogP contribution in [0.2, 0.25) is 0 Å². The molecule has 3 N–H and O–H groups in total. The van der Waals surface area contributed by atoms with Crippen LogP contribution in [0.3, 0.4) is 0 Å². The predicted octanol–water partition coefficient (Wildman–Crippen LogP) is 8.43. The molecule has 1 aromatic rings. The number of rotatable bonds is 7. The third-order valence-electron chi connectivity index (χ3n) is 7.08. The second-order valence-corrected chi connectivity index (χ2v) is 10.3. The fourth-order valence-electron chi connectivity index (χ4n) is 4.89. The SMILES string of the molecule is CC(C)=CCC/C(C)=C/CC1=C(O)C2=C(C=C=C1O)OC(c1ccc(O)c(C3CC(C)C3)c1)=CC2. The van der Waals surface area contributed by atoms with Gasteiger partial charge in [-0.25, -0.2) is 0 Å². The van der Waals surface area contributed by atoms with E-state index in [1.54, 1.807) is 12.1 Å². The van der Waals surface area contributed by atoms with Crippen molar-refractivity contribution in [2.45, 2.75) is 72.1 Å². The van der Waals surface area contributed by atoms with Crippen molar-refractivity contribution in [2.24, 2.45) is 5.92 Å². The highest BCUT2D eigenvalue weighted by molar-refractivity contribution is 5.66. The molecular formula is C31H36O4. The smallest absolute Gasteiger partial charge is 0.166 e. The Morgan fingerprint density at radius 2 is 1.89 bits per heavy atom. The van der Waals surface area contributed by atoms with E-state index in [4.69, 9.17) is 4.74 Å². The maximum absolute atomic E-state index is 11.1. The Labute approximate surface area is 208 Å². The molecule has 1 aromatic carbocycles. The Bertz CT molecular complexity index is 1220. The second kappa shape index (κ2) is 10.5. The van der Waals surface area contributed by atoms with Crippen molar-refractivity contribution in [3.8, 4) is 5.75 Å². The van der Waals surface area contributed by atoms with Gasteiger partial charge in [0.1, 0.15) is 23.0 Å². The van der Waals surface area contributed by atoms with Crippen LogP contribution in [0.25, 0.3) is 5.76 Å². The monoisotopic (exact) mass is 472 g/mol. The molecule has 0 spiro atoms. The van der Waals surface area contributed by atoms with Gasteiger partial charge in [-0.1, -0.05) is 36.0 Å². The molecule has 0 radical (unpaired) electrons. The molecule has 1 aliphatic heterocycles. The van der Waals surface area contributed by atoms with Gasteiger partial charge in [-0.2, -0.15) is 0 Å². The summed E-state index contributed by atoms with van der Waals surface area (Å²) in [5, 5.41) is 32.0. The summed E-state index contributed by atoms with van der Waals surface area (Å²) in [5.74, 6) is 2.56. The van der Waals surface area contributed by atoms with Gasteiger partial charge in [-0.3, -0.25) is 0 Å². The summed E-state index contributed by atoms with van der Waals surface area (Å²) >= 11 is 0. The van der Waals surface area contributed by atoms with Crippen LogP contribution >= 0.6 is 0 Å². The molecule has 35 heavy (non-hydrogen) atoms. The maximum atomic E-state index is 11.1. The van der Waals surface area contributed by atoms with Crippen LogP contribution in [0, 0.1) is 5.92 Å². The number of aliphatic hydroxyl groups excluding tert-OH is 2. The quantitative estimate of drug-likeness (QED) is 0.275. The third-order valence-corrected chi connectivity index (χ3v) is 7.08. The van der Waals surface area contributed by atoms with E-state index < -0.39 is 0 Å². The molecule has 0 unspecified atom stereocenters. The average molecular weight is 473 g/mol. The average Bonchev–Trinajstić information content (AvgIpc) is 2.91. The first-order valence-electron chi connectivity index (χ1n) is 12.5. The van der Waals surface area contributed by atoms with Gasteiger partial charge in [0.05, 0.1) is 0 Å². The van der Waals surface area contributed by atoms with Crippen molar-refractivity contribution < 1.29 is 20.1 Å². The van der Waals surface area contributed by atoms with Crippen molar-refractivity contribution >= 4 is 5.76 Å². The Morgan fingerprint density at radius 1 is 1.11 bits per heavy atom. The Hall–Kier alpha value is -3.36. The fourth-order valence-corrected chi connectivity index (χ4v) is 4.89. The Balaban J connectivity index is 1.53. The van der Waals surface area contributed by atoms with Crippen LogP contribution in [0.1, 0.15) is 83.3 Å². The zero-order chi connectivity index (χ0) is 25.1. The lowest BCUT2D eigenvalue weighted by Crippen LogP contribution is -2.19. The van der Waals surface area contributed by atoms with Crippen LogP contribution in [-0.4, -0.2) is 15.3 Å². The van der Waals surface area contributed by atoms with Gasteiger partial charge >= 0.3 is 0 Å². The van der Waals surface area contributed by atoms with E-state index in [-0.39, 0.29) is 11.5 Å². The fraction of sp³-hybridized carbons (Fsp3) is 0.387. The first-order chi connectivity index (χ1) is 16.7. The zero-order valence-corrected chi connectivity index (χ0v) is 21.2. The van der Waals surface area contributed by atoms with Gasteiger partial charge in [0.15, 0.2) is 5.76 Å². The standard InChI is InChI=1S/C31H36O4/c1-19(2)6-5-7-20(3)8-10-24-27(32)13-15-30-25(31(24)34)11-14-29(35-30)22-9-12-28(33)26(18-22)23-16-21(4)17-23/h6,8-9,12,14-15,18,21,23,32-34H,5,7,10-11,16-17H2,1-4H3/b20-8+. The van der Waals surface area contributed by atoms with Gasteiger partial charge in [0.2, 0.25) is 0 Å². The van der Waals surface area contributed by atoms with Gasteiger partial charge in [-0.15, -0.1) is 0 Å². The van der Waals surface area contributed by atoms with Crippen molar-refractivity contribution in [3.05, 3.63) is 98.9 Å². The lowest BCUT2D eigenvalue weighted by atomic mass is 9.72. The minimum atomic E-state index is -0.0681. The van der Waals surface area contributed by atoms with Crippen LogP contribution in [0.4, 0.5) is 0 Å². The highest BCUT2D eigenvalue weighted by Crippen LogP contribution is 2.45. The summed E-state index contributed by atoms with van der Waals surface area (Å²) < 4.78 is 6.17.